The van der Waals surface area contributed by atoms with Crippen molar-refractivity contribution in [1.82, 2.24) is 9.97 Å². The first kappa shape index (κ1) is 13.0. The average Bonchev–Trinajstić information content (AvgIpc) is 2.83. The minimum Gasteiger partial charge on any atom is -0.475 e. The third kappa shape index (κ3) is 3.08. The first-order valence-electron chi connectivity index (χ1n) is 6.04. The molecular formula is C12H17N3O2S. The minimum atomic E-state index is 0.501. The van der Waals surface area contributed by atoms with Gasteiger partial charge in [0.2, 0.25) is 11.8 Å². The Bertz CT molecular complexity index is 501. The van der Waals surface area contributed by atoms with Crippen LogP contribution in [-0.4, -0.2) is 36.3 Å². The predicted octanol–water partition coefficient (Wildman–Crippen LogP) is 2.54. The summed E-state index contributed by atoms with van der Waals surface area (Å²) < 4.78 is 10.9. The van der Waals surface area contributed by atoms with Crippen LogP contribution in [0.4, 0.5) is 5.95 Å². The van der Waals surface area contributed by atoms with Crippen molar-refractivity contribution in [3.63, 3.8) is 0 Å². The summed E-state index contributed by atoms with van der Waals surface area (Å²) >= 11 is 1.58. The number of hydrogen-bond acceptors (Lipinski definition) is 6. The van der Waals surface area contributed by atoms with E-state index in [2.05, 4.69) is 15.3 Å². The van der Waals surface area contributed by atoms with E-state index in [-0.39, 0.29) is 0 Å². The molecule has 1 N–H and O–H groups in total. The molecule has 0 unspecified atom stereocenters. The Morgan fingerprint density at radius 2 is 2.17 bits per heavy atom. The molecule has 0 saturated heterocycles. The molecule has 2 rings (SSSR count). The Kier molecular flexibility index (Phi) is 4.72. The summed E-state index contributed by atoms with van der Waals surface area (Å²) in [5, 5.41) is 6.05. The van der Waals surface area contributed by atoms with Crippen LogP contribution in [0.3, 0.4) is 0 Å². The Morgan fingerprint density at radius 3 is 2.94 bits per heavy atom. The van der Waals surface area contributed by atoms with E-state index >= 15 is 0 Å². The van der Waals surface area contributed by atoms with Gasteiger partial charge in [0.15, 0.2) is 0 Å². The molecule has 6 heteroatoms. The smallest absolute Gasteiger partial charge is 0.227 e. The lowest BCUT2D eigenvalue weighted by atomic mass is 10.4. The first-order chi connectivity index (χ1) is 8.85. The topological polar surface area (TPSA) is 56.3 Å². The van der Waals surface area contributed by atoms with Crippen LogP contribution in [0.1, 0.15) is 13.8 Å². The second-order valence-electron chi connectivity index (χ2n) is 3.57. The van der Waals surface area contributed by atoms with E-state index in [0.29, 0.717) is 31.6 Å². The lowest BCUT2D eigenvalue weighted by molar-refractivity contribution is 0.109. The fraction of sp³-hybridized carbons (Fsp3) is 0.500. The Morgan fingerprint density at radius 1 is 1.28 bits per heavy atom. The van der Waals surface area contributed by atoms with E-state index in [1.54, 1.807) is 11.3 Å². The molecule has 2 aromatic heterocycles. The summed E-state index contributed by atoms with van der Waals surface area (Å²) in [4.78, 5) is 9.72. The summed E-state index contributed by atoms with van der Waals surface area (Å²) in [7, 11) is 0. The van der Waals surface area contributed by atoms with Crippen molar-refractivity contribution < 1.29 is 9.47 Å². The highest BCUT2D eigenvalue weighted by Gasteiger charge is 2.09. The molecule has 0 spiro atoms. The van der Waals surface area contributed by atoms with E-state index in [0.717, 1.165) is 16.8 Å². The van der Waals surface area contributed by atoms with Crippen LogP contribution in [0.2, 0.25) is 0 Å². The van der Waals surface area contributed by atoms with Crippen molar-refractivity contribution in [2.45, 2.75) is 13.8 Å². The maximum Gasteiger partial charge on any atom is 0.227 e. The fourth-order valence-electron chi connectivity index (χ4n) is 1.52. The van der Waals surface area contributed by atoms with Gasteiger partial charge in [0.05, 0.1) is 12.0 Å². The molecule has 0 fully saturated rings. The van der Waals surface area contributed by atoms with Gasteiger partial charge in [-0.05, 0) is 25.3 Å². The Balaban J connectivity index is 2.15. The highest BCUT2D eigenvalue weighted by molar-refractivity contribution is 7.16. The number of rotatable bonds is 7. The van der Waals surface area contributed by atoms with Crippen LogP contribution < -0.4 is 10.1 Å². The van der Waals surface area contributed by atoms with Crippen molar-refractivity contribution in [2.24, 2.45) is 0 Å². The van der Waals surface area contributed by atoms with Crippen LogP contribution in [0.15, 0.2) is 11.4 Å². The van der Waals surface area contributed by atoms with Gasteiger partial charge in [0.25, 0.3) is 0 Å². The average molecular weight is 267 g/mol. The molecule has 0 amide bonds. The summed E-state index contributed by atoms with van der Waals surface area (Å²) in [6, 6.07) is 1.98. The Hall–Kier alpha value is -1.40. The van der Waals surface area contributed by atoms with E-state index < -0.39 is 0 Å². The quantitative estimate of drug-likeness (QED) is 0.781. The Labute approximate surface area is 110 Å². The van der Waals surface area contributed by atoms with Crippen LogP contribution >= 0.6 is 11.3 Å². The number of nitrogens with zero attached hydrogens (tertiary/aromatic N) is 2. The molecule has 0 aliphatic rings. The fourth-order valence-corrected chi connectivity index (χ4v) is 2.27. The van der Waals surface area contributed by atoms with Crippen molar-refractivity contribution in [3.05, 3.63) is 11.4 Å². The van der Waals surface area contributed by atoms with Crippen molar-refractivity contribution in [1.29, 1.82) is 0 Å². The molecule has 0 aliphatic heterocycles. The molecule has 5 nitrogen and oxygen atoms in total. The predicted molar refractivity (Wildman–Crippen MR) is 73.6 cm³/mol. The molecule has 2 aromatic rings. The van der Waals surface area contributed by atoms with Gasteiger partial charge in [-0.25, -0.2) is 4.98 Å². The normalized spacial score (nSPS) is 10.8. The summed E-state index contributed by atoms with van der Waals surface area (Å²) in [6.45, 7) is 6.53. The van der Waals surface area contributed by atoms with E-state index in [4.69, 9.17) is 9.47 Å². The van der Waals surface area contributed by atoms with Gasteiger partial charge in [-0.2, -0.15) is 4.98 Å². The van der Waals surface area contributed by atoms with Crippen LogP contribution in [-0.2, 0) is 4.74 Å². The second kappa shape index (κ2) is 6.51. The SMILES string of the molecule is CCNc1nc(OCCOCC)c2ccsc2n1. The lowest BCUT2D eigenvalue weighted by Gasteiger charge is -2.08. The highest BCUT2D eigenvalue weighted by Crippen LogP contribution is 2.27. The van der Waals surface area contributed by atoms with Gasteiger partial charge in [0, 0.05) is 13.2 Å². The van der Waals surface area contributed by atoms with E-state index in [1.165, 1.54) is 0 Å². The number of nitrogens with one attached hydrogen (secondary N) is 1. The summed E-state index contributed by atoms with van der Waals surface area (Å²) in [6.07, 6.45) is 0. The zero-order valence-corrected chi connectivity index (χ0v) is 11.4. The molecule has 0 atom stereocenters. The molecule has 0 aromatic carbocycles. The number of thiophene rings is 1. The molecule has 98 valence electrons. The molecule has 0 bridgehead atoms. The minimum absolute atomic E-state index is 0.501. The van der Waals surface area contributed by atoms with Gasteiger partial charge >= 0.3 is 0 Å². The van der Waals surface area contributed by atoms with Crippen LogP contribution in [0.25, 0.3) is 10.2 Å². The molecule has 18 heavy (non-hydrogen) atoms. The number of hydrogen-bond donors (Lipinski definition) is 1. The van der Waals surface area contributed by atoms with Gasteiger partial charge in [-0.3, -0.25) is 0 Å². The van der Waals surface area contributed by atoms with Crippen LogP contribution in [0, 0.1) is 0 Å². The maximum absolute atomic E-state index is 5.66. The molecular weight excluding hydrogens is 250 g/mol. The number of anilines is 1. The van der Waals surface area contributed by atoms with Crippen molar-refractivity contribution in [2.75, 3.05) is 31.7 Å². The molecule has 0 aliphatic carbocycles. The molecule has 2 heterocycles. The van der Waals surface area contributed by atoms with Crippen molar-refractivity contribution in [3.8, 4) is 5.88 Å². The second-order valence-corrected chi connectivity index (χ2v) is 4.46. The van der Waals surface area contributed by atoms with Gasteiger partial charge in [-0.1, -0.05) is 0 Å². The van der Waals surface area contributed by atoms with E-state index in [9.17, 15) is 0 Å². The third-order valence-corrected chi connectivity index (χ3v) is 3.10. The third-order valence-electron chi connectivity index (χ3n) is 2.30. The van der Waals surface area contributed by atoms with Crippen LogP contribution in [0.5, 0.6) is 5.88 Å². The summed E-state index contributed by atoms with van der Waals surface area (Å²) in [5.41, 5.74) is 0. The number of fused-ring (bicyclic) bond motifs is 1. The zero-order valence-electron chi connectivity index (χ0n) is 10.6. The van der Waals surface area contributed by atoms with Gasteiger partial charge in [-0.15, -0.1) is 11.3 Å². The van der Waals surface area contributed by atoms with Gasteiger partial charge in [0.1, 0.15) is 11.4 Å². The maximum atomic E-state index is 5.66. The standard InChI is InChI=1S/C12H17N3O2S/c1-3-13-12-14-10(17-7-6-16-4-2)9-5-8-18-11(9)15-12/h5,8H,3-4,6-7H2,1-2H3,(H,13,14,15). The van der Waals surface area contributed by atoms with Crippen molar-refractivity contribution >= 4 is 27.5 Å². The summed E-state index contributed by atoms with van der Waals surface area (Å²) in [5.74, 6) is 1.23. The van der Waals surface area contributed by atoms with Gasteiger partial charge < -0.3 is 14.8 Å². The zero-order chi connectivity index (χ0) is 12.8. The largest absolute Gasteiger partial charge is 0.475 e. The first-order valence-corrected chi connectivity index (χ1v) is 6.92. The monoisotopic (exact) mass is 267 g/mol. The molecule has 0 radical (unpaired) electrons. The highest BCUT2D eigenvalue weighted by atomic mass is 32.1. The molecule has 0 saturated carbocycles. The lowest BCUT2D eigenvalue weighted by Crippen LogP contribution is -2.09. The van der Waals surface area contributed by atoms with E-state index in [1.807, 2.05) is 25.3 Å². The number of ether oxygens (including phenoxy) is 2. The number of aromatic nitrogens is 2.